The second-order valence-electron chi connectivity index (χ2n) is 5.06. The number of carbonyl (C=O) groups excluding carboxylic acids is 1. The van der Waals surface area contributed by atoms with Crippen LogP contribution in [0.3, 0.4) is 0 Å². The van der Waals surface area contributed by atoms with Crippen molar-refractivity contribution in [1.82, 2.24) is 14.5 Å². The topological polar surface area (TPSA) is 57.0 Å². The van der Waals surface area contributed by atoms with Crippen LogP contribution in [0.25, 0.3) is 22.4 Å². The van der Waals surface area contributed by atoms with Crippen LogP contribution in [0.15, 0.2) is 42.6 Å². The van der Waals surface area contributed by atoms with Crippen LogP contribution in [0, 0.1) is 0 Å². The number of fused-ring (bicyclic) bond motifs is 1. The maximum atomic E-state index is 11.3. The Morgan fingerprint density at radius 1 is 1.18 bits per heavy atom. The van der Waals surface area contributed by atoms with E-state index in [9.17, 15) is 4.79 Å². The van der Waals surface area contributed by atoms with E-state index in [1.807, 2.05) is 42.6 Å². The fourth-order valence-corrected chi connectivity index (χ4v) is 2.39. The number of nitrogens with zero attached hydrogens (tertiary/aromatic N) is 3. The number of hydrogen-bond acceptors (Lipinski definition) is 4. The summed E-state index contributed by atoms with van der Waals surface area (Å²) < 4.78 is 7.33. The molecule has 22 heavy (non-hydrogen) atoms. The summed E-state index contributed by atoms with van der Waals surface area (Å²) in [6, 6.07) is 11.6. The monoisotopic (exact) mass is 295 g/mol. The van der Waals surface area contributed by atoms with E-state index in [0.29, 0.717) is 11.7 Å². The standard InChI is InChI=1S/C17H17N3O2/c1-3-10-20-11-9-14-16(20)18-15(13-7-5-4-6-8-13)19-17(14)22-12(2)21/h4-9,11H,3,10H2,1-2H3. The lowest BCUT2D eigenvalue weighted by Gasteiger charge is -2.08. The van der Waals surface area contributed by atoms with Crippen LogP contribution >= 0.6 is 0 Å². The molecule has 0 aliphatic rings. The highest BCUT2D eigenvalue weighted by atomic mass is 16.5. The van der Waals surface area contributed by atoms with Gasteiger partial charge >= 0.3 is 5.97 Å². The van der Waals surface area contributed by atoms with Gasteiger partial charge in [-0.05, 0) is 12.5 Å². The maximum absolute atomic E-state index is 11.3. The van der Waals surface area contributed by atoms with E-state index in [1.165, 1.54) is 6.92 Å². The normalized spacial score (nSPS) is 10.8. The number of carbonyl (C=O) groups is 1. The van der Waals surface area contributed by atoms with Gasteiger partial charge in [0.2, 0.25) is 5.88 Å². The Labute approximate surface area is 128 Å². The number of rotatable bonds is 4. The molecule has 0 N–H and O–H groups in total. The molecule has 0 bridgehead atoms. The van der Waals surface area contributed by atoms with E-state index in [1.54, 1.807) is 0 Å². The van der Waals surface area contributed by atoms with Crippen molar-refractivity contribution in [2.45, 2.75) is 26.8 Å². The lowest BCUT2D eigenvalue weighted by atomic mass is 10.2. The third-order valence-corrected chi connectivity index (χ3v) is 3.32. The van der Waals surface area contributed by atoms with Crippen molar-refractivity contribution in [3.05, 3.63) is 42.6 Å². The lowest BCUT2D eigenvalue weighted by molar-refractivity contribution is -0.132. The Kier molecular flexibility index (Phi) is 3.87. The minimum atomic E-state index is -0.387. The predicted molar refractivity (Wildman–Crippen MR) is 84.6 cm³/mol. The Morgan fingerprint density at radius 2 is 1.95 bits per heavy atom. The molecule has 112 valence electrons. The fourth-order valence-electron chi connectivity index (χ4n) is 2.39. The molecule has 0 fully saturated rings. The van der Waals surface area contributed by atoms with Gasteiger partial charge in [-0.2, -0.15) is 4.98 Å². The van der Waals surface area contributed by atoms with Crippen molar-refractivity contribution in [1.29, 1.82) is 0 Å². The lowest BCUT2D eigenvalue weighted by Crippen LogP contribution is -2.06. The van der Waals surface area contributed by atoms with Crippen LogP contribution in [0.1, 0.15) is 20.3 Å². The highest BCUT2D eigenvalue weighted by molar-refractivity contribution is 5.86. The Bertz CT molecular complexity index is 809. The average Bonchev–Trinajstić information content (AvgIpc) is 2.91. The Morgan fingerprint density at radius 3 is 2.64 bits per heavy atom. The van der Waals surface area contributed by atoms with Crippen LogP contribution in [-0.2, 0) is 11.3 Å². The first-order valence-electron chi connectivity index (χ1n) is 7.29. The van der Waals surface area contributed by atoms with Crippen LogP contribution in [0.5, 0.6) is 5.88 Å². The molecule has 0 amide bonds. The molecule has 2 heterocycles. The second kappa shape index (κ2) is 5.97. The average molecular weight is 295 g/mol. The zero-order valence-corrected chi connectivity index (χ0v) is 12.6. The number of benzene rings is 1. The summed E-state index contributed by atoms with van der Waals surface area (Å²) in [6.07, 6.45) is 2.95. The van der Waals surface area contributed by atoms with Crippen molar-refractivity contribution >= 4 is 17.0 Å². The summed E-state index contributed by atoms with van der Waals surface area (Å²) in [5.41, 5.74) is 1.68. The SMILES string of the molecule is CCCn1ccc2c(OC(C)=O)nc(-c3ccccc3)nc21. The first-order chi connectivity index (χ1) is 10.7. The zero-order chi connectivity index (χ0) is 15.5. The quantitative estimate of drug-likeness (QED) is 0.692. The molecule has 5 heteroatoms. The third kappa shape index (κ3) is 2.70. The van der Waals surface area contributed by atoms with E-state index >= 15 is 0 Å². The van der Waals surface area contributed by atoms with Gasteiger partial charge in [-0.3, -0.25) is 4.79 Å². The third-order valence-electron chi connectivity index (χ3n) is 3.32. The van der Waals surface area contributed by atoms with E-state index < -0.39 is 0 Å². The molecule has 0 atom stereocenters. The van der Waals surface area contributed by atoms with Crippen LogP contribution in [0.4, 0.5) is 0 Å². The van der Waals surface area contributed by atoms with Gasteiger partial charge in [0.15, 0.2) is 5.82 Å². The minimum absolute atomic E-state index is 0.311. The zero-order valence-electron chi connectivity index (χ0n) is 12.6. The van der Waals surface area contributed by atoms with Gasteiger partial charge in [0.1, 0.15) is 5.65 Å². The van der Waals surface area contributed by atoms with Crippen molar-refractivity contribution in [2.24, 2.45) is 0 Å². The summed E-state index contributed by atoms with van der Waals surface area (Å²) in [5, 5.41) is 0.753. The smallest absolute Gasteiger partial charge is 0.309 e. The predicted octanol–water partition coefficient (Wildman–Crippen LogP) is 3.43. The summed E-state index contributed by atoms with van der Waals surface area (Å²) in [5.74, 6) is 0.480. The molecule has 0 unspecified atom stereocenters. The van der Waals surface area contributed by atoms with Gasteiger partial charge in [-0.15, -0.1) is 0 Å². The van der Waals surface area contributed by atoms with E-state index in [0.717, 1.165) is 29.6 Å². The molecule has 0 saturated heterocycles. The van der Waals surface area contributed by atoms with Crippen LogP contribution < -0.4 is 4.74 Å². The number of aromatic nitrogens is 3. The van der Waals surface area contributed by atoms with Gasteiger partial charge in [0.05, 0.1) is 5.39 Å². The van der Waals surface area contributed by atoms with Gasteiger partial charge in [-0.1, -0.05) is 37.3 Å². The van der Waals surface area contributed by atoms with Crippen LogP contribution in [-0.4, -0.2) is 20.5 Å². The molecular weight excluding hydrogens is 278 g/mol. The molecule has 3 rings (SSSR count). The molecule has 0 radical (unpaired) electrons. The van der Waals surface area contributed by atoms with E-state index in [-0.39, 0.29) is 5.97 Å². The van der Waals surface area contributed by atoms with E-state index in [4.69, 9.17) is 4.74 Å². The fraction of sp³-hybridized carbons (Fsp3) is 0.235. The summed E-state index contributed by atoms with van der Waals surface area (Å²) >= 11 is 0. The summed E-state index contributed by atoms with van der Waals surface area (Å²) in [4.78, 5) is 20.4. The number of aryl methyl sites for hydroxylation is 1. The van der Waals surface area contributed by atoms with Gasteiger partial charge < -0.3 is 9.30 Å². The number of ether oxygens (including phenoxy) is 1. The highest BCUT2D eigenvalue weighted by Crippen LogP contribution is 2.27. The molecule has 0 saturated carbocycles. The maximum Gasteiger partial charge on any atom is 0.309 e. The molecule has 3 aromatic rings. The summed E-state index contributed by atoms with van der Waals surface area (Å²) in [7, 11) is 0. The first-order valence-corrected chi connectivity index (χ1v) is 7.29. The highest BCUT2D eigenvalue weighted by Gasteiger charge is 2.15. The number of hydrogen-bond donors (Lipinski definition) is 0. The van der Waals surface area contributed by atoms with Crippen molar-refractivity contribution in [3.8, 4) is 17.3 Å². The van der Waals surface area contributed by atoms with Crippen molar-refractivity contribution < 1.29 is 9.53 Å². The number of esters is 1. The molecule has 1 aromatic carbocycles. The molecule has 2 aromatic heterocycles. The Balaban J connectivity index is 2.20. The Hall–Kier alpha value is -2.69. The second-order valence-corrected chi connectivity index (χ2v) is 5.06. The molecule has 0 aliphatic carbocycles. The van der Waals surface area contributed by atoms with Crippen LogP contribution in [0.2, 0.25) is 0 Å². The molecule has 0 spiro atoms. The van der Waals surface area contributed by atoms with Gasteiger partial charge in [0, 0.05) is 25.2 Å². The largest absolute Gasteiger partial charge is 0.407 e. The summed E-state index contributed by atoms with van der Waals surface area (Å²) in [6.45, 7) is 4.34. The molecule has 5 nitrogen and oxygen atoms in total. The van der Waals surface area contributed by atoms with Gasteiger partial charge in [-0.25, -0.2) is 4.98 Å². The van der Waals surface area contributed by atoms with Crippen molar-refractivity contribution in [3.63, 3.8) is 0 Å². The molecular formula is C17H17N3O2. The minimum Gasteiger partial charge on any atom is -0.407 e. The first kappa shape index (κ1) is 14.3. The van der Waals surface area contributed by atoms with E-state index in [2.05, 4.69) is 21.5 Å². The van der Waals surface area contributed by atoms with Gasteiger partial charge in [0.25, 0.3) is 0 Å². The molecule has 0 aliphatic heterocycles. The van der Waals surface area contributed by atoms with Crippen molar-refractivity contribution in [2.75, 3.05) is 0 Å².